The number of aromatic nitrogens is 3. The third-order valence-electron chi connectivity index (χ3n) is 5.00. The van der Waals surface area contributed by atoms with E-state index in [4.69, 9.17) is 9.47 Å². The van der Waals surface area contributed by atoms with E-state index in [-0.39, 0.29) is 18.0 Å². The lowest BCUT2D eigenvalue weighted by atomic mass is 10.2. The molecule has 0 radical (unpaired) electrons. The second-order valence-corrected chi connectivity index (χ2v) is 8.10. The molecule has 0 bridgehead atoms. The number of carbonyl (C=O) groups is 1. The number of amides is 1. The van der Waals surface area contributed by atoms with E-state index >= 15 is 0 Å². The summed E-state index contributed by atoms with van der Waals surface area (Å²) in [5.41, 5.74) is 0.265. The van der Waals surface area contributed by atoms with Crippen LogP contribution >= 0.6 is 11.3 Å². The molecule has 7 nitrogen and oxygen atoms in total. The van der Waals surface area contributed by atoms with Gasteiger partial charge in [0, 0.05) is 25.5 Å². The number of para-hydroxylation sites is 3. The van der Waals surface area contributed by atoms with E-state index in [1.165, 1.54) is 17.4 Å². The van der Waals surface area contributed by atoms with Gasteiger partial charge in [0.15, 0.2) is 16.6 Å². The summed E-state index contributed by atoms with van der Waals surface area (Å²) in [5.74, 6) is 0.470. The van der Waals surface area contributed by atoms with Crippen LogP contribution in [0.2, 0.25) is 0 Å². The van der Waals surface area contributed by atoms with Crippen molar-refractivity contribution < 1.29 is 18.7 Å². The maximum absolute atomic E-state index is 14.2. The van der Waals surface area contributed by atoms with Crippen LogP contribution in [0.3, 0.4) is 0 Å². The molecule has 5 rings (SSSR count). The Kier molecular flexibility index (Phi) is 5.25. The van der Waals surface area contributed by atoms with E-state index in [2.05, 4.69) is 9.97 Å². The van der Waals surface area contributed by atoms with Gasteiger partial charge in [-0.2, -0.15) is 0 Å². The van der Waals surface area contributed by atoms with E-state index in [1.807, 2.05) is 22.9 Å². The first kappa shape index (κ1) is 19.5. The van der Waals surface area contributed by atoms with Crippen LogP contribution in [0.5, 0.6) is 11.5 Å². The van der Waals surface area contributed by atoms with E-state index < -0.39 is 11.9 Å². The zero-order chi connectivity index (χ0) is 21.2. The number of benzene rings is 2. The number of hydrogen-bond acceptors (Lipinski definition) is 6. The van der Waals surface area contributed by atoms with Gasteiger partial charge in [-0.05, 0) is 30.7 Å². The van der Waals surface area contributed by atoms with Crippen molar-refractivity contribution in [2.75, 3.05) is 18.1 Å². The fourth-order valence-corrected chi connectivity index (χ4v) is 4.48. The summed E-state index contributed by atoms with van der Waals surface area (Å²) in [6, 6.07) is 12.0. The van der Waals surface area contributed by atoms with Gasteiger partial charge in [0.2, 0.25) is 6.10 Å². The van der Waals surface area contributed by atoms with Crippen LogP contribution in [0.25, 0.3) is 10.2 Å². The molecule has 3 heterocycles. The maximum Gasteiger partial charge on any atom is 0.273 e. The minimum absolute atomic E-state index is 0.104. The summed E-state index contributed by atoms with van der Waals surface area (Å²) in [7, 11) is 0. The van der Waals surface area contributed by atoms with Crippen LogP contribution in [-0.2, 0) is 11.3 Å². The van der Waals surface area contributed by atoms with Crippen molar-refractivity contribution in [2.24, 2.45) is 0 Å². The van der Waals surface area contributed by atoms with Crippen LogP contribution in [0.1, 0.15) is 6.42 Å². The van der Waals surface area contributed by atoms with Crippen molar-refractivity contribution in [3.05, 3.63) is 67.0 Å². The van der Waals surface area contributed by atoms with E-state index in [0.29, 0.717) is 40.8 Å². The Labute approximate surface area is 181 Å². The largest absolute Gasteiger partial charge is 0.485 e. The monoisotopic (exact) mass is 438 g/mol. The van der Waals surface area contributed by atoms with Gasteiger partial charge < -0.3 is 14.0 Å². The number of ether oxygens (including phenoxy) is 2. The average molecular weight is 438 g/mol. The Morgan fingerprint density at radius 3 is 2.90 bits per heavy atom. The Balaban J connectivity index is 1.41. The lowest BCUT2D eigenvalue weighted by Gasteiger charge is -2.29. The van der Waals surface area contributed by atoms with Crippen molar-refractivity contribution in [1.29, 1.82) is 0 Å². The SMILES string of the molecule is O=C([C@@H]1COc2ccccc2O1)N(CCCn1ccnc1)c1nc2c(F)cccc2s1. The van der Waals surface area contributed by atoms with Gasteiger partial charge in [0.25, 0.3) is 5.91 Å². The Hall–Kier alpha value is -3.46. The number of nitrogens with zero attached hydrogens (tertiary/aromatic N) is 4. The average Bonchev–Trinajstić information content (AvgIpc) is 3.46. The third-order valence-corrected chi connectivity index (χ3v) is 6.04. The molecule has 1 aliphatic heterocycles. The quantitative estimate of drug-likeness (QED) is 0.457. The lowest BCUT2D eigenvalue weighted by Crippen LogP contribution is -2.47. The smallest absolute Gasteiger partial charge is 0.273 e. The molecule has 1 atom stereocenters. The summed E-state index contributed by atoms with van der Waals surface area (Å²) in [5, 5.41) is 0.443. The zero-order valence-electron chi connectivity index (χ0n) is 16.5. The first-order valence-electron chi connectivity index (χ1n) is 9.90. The minimum Gasteiger partial charge on any atom is -0.485 e. The maximum atomic E-state index is 14.2. The number of rotatable bonds is 6. The summed E-state index contributed by atoms with van der Waals surface area (Å²) < 4.78 is 28.5. The van der Waals surface area contributed by atoms with Crippen molar-refractivity contribution in [3.8, 4) is 11.5 Å². The molecular formula is C22H19FN4O3S. The Morgan fingerprint density at radius 1 is 1.23 bits per heavy atom. The molecule has 0 unspecified atom stereocenters. The van der Waals surface area contributed by atoms with Crippen LogP contribution in [0.4, 0.5) is 9.52 Å². The molecule has 4 aromatic rings. The molecule has 0 fully saturated rings. The molecule has 158 valence electrons. The summed E-state index contributed by atoms with van der Waals surface area (Å²) in [6.45, 7) is 1.20. The number of fused-ring (bicyclic) bond motifs is 2. The normalized spacial score (nSPS) is 15.2. The molecule has 0 spiro atoms. The molecule has 0 saturated carbocycles. The molecule has 1 aliphatic rings. The second-order valence-electron chi connectivity index (χ2n) is 7.09. The van der Waals surface area contributed by atoms with Crippen molar-refractivity contribution in [2.45, 2.75) is 19.1 Å². The third kappa shape index (κ3) is 3.96. The summed E-state index contributed by atoms with van der Waals surface area (Å²) in [6.07, 6.45) is 5.18. The first-order valence-corrected chi connectivity index (χ1v) is 10.7. The number of halogens is 1. The van der Waals surface area contributed by atoms with Crippen LogP contribution in [0.15, 0.2) is 61.2 Å². The highest BCUT2D eigenvalue weighted by Gasteiger charge is 2.33. The van der Waals surface area contributed by atoms with Crippen LogP contribution < -0.4 is 14.4 Å². The molecule has 1 amide bonds. The van der Waals surface area contributed by atoms with Gasteiger partial charge in [0.1, 0.15) is 17.9 Å². The number of aryl methyl sites for hydroxylation is 1. The first-order chi connectivity index (χ1) is 15.2. The van der Waals surface area contributed by atoms with Crippen LogP contribution in [0, 0.1) is 5.82 Å². The predicted molar refractivity (Wildman–Crippen MR) is 115 cm³/mol. The molecule has 0 aliphatic carbocycles. The highest BCUT2D eigenvalue weighted by Crippen LogP contribution is 2.34. The highest BCUT2D eigenvalue weighted by molar-refractivity contribution is 7.22. The zero-order valence-corrected chi connectivity index (χ0v) is 17.3. The number of thiazole rings is 1. The molecule has 0 N–H and O–H groups in total. The summed E-state index contributed by atoms with van der Waals surface area (Å²) >= 11 is 1.28. The van der Waals surface area contributed by atoms with Gasteiger partial charge >= 0.3 is 0 Å². The predicted octanol–water partition coefficient (Wildman–Crippen LogP) is 3.90. The molecule has 2 aromatic carbocycles. The van der Waals surface area contributed by atoms with Gasteiger partial charge in [-0.3, -0.25) is 9.69 Å². The lowest BCUT2D eigenvalue weighted by molar-refractivity contribution is -0.127. The van der Waals surface area contributed by atoms with Crippen molar-refractivity contribution in [1.82, 2.24) is 14.5 Å². The standard InChI is InChI=1S/C22H19FN4O3S/c23-15-5-3-8-19-20(15)25-22(31-19)27(11-4-10-26-12-9-24-14-26)21(28)18-13-29-16-6-1-2-7-17(16)30-18/h1-3,5-9,12,14,18H,4,10-11,13H2/t18-/m0/s1. The highest BCUT2D eigenvalue weighted by atomic mass is 32.1. The number of carbonyl (C=O) groups excluding carboxylic acids is 1. The molecule has 0 saturated heterocycles. The van der Waals surface area contributed by atoms with Crippen LogP contribution in [-0.4, -0.2) is 39.7 Å². The Morgan fingerprint density at radius 2 is 2.10 bits per heavy atom. The number of imidazole rings is 1. The minimum atomic E-state index is -0.806. The summed E-state index contributed by atoms with van der Waals surface area (Å²) in [4.78, 5) is 23.5. The fourth-order valence-electron chi connectivity index (χ4n) is 3.46. The topological polar surface area (TPSA) is 69.5 Å². The van der Waals surface area contributed by atoms with Gasteiger partial charge in [0.05, 0.1) is 11.0 Å². The van der Waals surface area contributed by atoms with Gasteiger partial charge in [-0.15, -0.1) is 0 Å². The number of anilines is 1. The van der Waals surface area contributed by atoms with Gasteiger partial charge in [-0.1, -0.05) is 29.5 Å². The second kappa shape index (κ2) is 8.35. The molecule has 31 heavy (non-hydrogen) atoms. The van der Waals surface area contributed by atoms with E-state index in [0.717, 1.165) is 0 Å². The van der Waals surface area contributed by atoms with Crippen molar-refractivity contribution >= 4 is 32.6 Å². The Bertz CT molecular complexity index is 1210. The molecule has 2 aromatic heterocycles. The van der Waals surface area contributed by atoms with E-state index in [9.17, 15) is 9.18 Å². The van der Waals surface area contributed by atoms with Crippen molar-refractivity contribution in [3.63, 3.8) is 0 Å². The number of hydrogen-bond donors (Lipinski definition) is 0. The fraction of sp³-hybridized carbons (Fsp3) is 0.227. The van der Waals surface area contributed by atoms with E-state index in [1.54, 1.807) is 41.7 Å². The van der Waals surface area contributed by atoms with Gasteiger partial charge in [-0.25, -0.2) is 14.4 Å². The molecular weight excluding hydrogens is 419 g/mol. The molecule has 9 heteroatoms.